The summed E-state index contributed by atoms with van der Waals surface area (Å²) in [4.78, 5) is 4.04. The molecule has 5 N–H and O–H groups in total. The van der Waals surface area contributed by atoms with Gasteiger partial charge in [0.1, 0.15) is 11.9 Å². The van der Waals surface area contributed by atoms with E-state index in [1.807, 2.05) is 18.2 Å². The van der Waals surface area contributed by atoms with Crippen molar-refractivity contribution in [2.24, 2.45) is 16.6 Å². The van der Waals surface area contributed by atoms with Crippen LogP contribution in [0.25, 0.3) is 0 Å². The lowest BCUT2D eigenvalue weighted by Gasteiger charge is -2.07. The summed E-state index contributed by atoms with van der Waals surface area (Å²) in [5.74, 6) is 6.27. The Hall–Kier alpha value is -1.75. The van der Waals surface area contributed by atoms with Gasteiger partial charge in [0, 0.05) is 6.42 Å². The molecule has 15 heavy (non-hydrogen) atoms. The molecule has 80 valence electrons. The van der Waals surface area contributed by atoms with Crippen LogP contribution >= 0.6 is 0 Å². The van der Waals surface area contributed by atoms with Gasteiger partial charge in [-0.05, 0) is 11.6 Å². The quantitative estimate of drug-likeness (QED) is 0.270. The van der Waals surface area contributed by atoms with Crippen LogP contribution in [0, 0.1) is 0 Å². The predicted octanol–water partition coefficient (Wildman–Crippen LogP) is -0.232. The highest BCUT2D eigenvalue weighted by atomic mass is 16.5. The summed E-state index contributed by atoms with van der Waals surface area (Å²) >= 11 is 0. The van der Waals surface area contributed by atoms with Gasteiger partial charge in [-0.3, -0.25) is 5.43 Å². The Morgan fingerprint density at radius 2 is 2.33 bits per heavy atom. The van der Waals surface area contributed by atoms with Crippen LogP contribution in [0.5, 0.6) is 5.75 Å². The Morgan fingerprint density at radius 3 is 3.07 bits per heavy atom. The molecule has 0 amide bonds. The number of hydrazine groups is 1. The zero-order valence-electron chi connectivity index (χ0n) is 8.31. The fraction of sp³-hybridized carbons (Fsp3) is 0.300. The van der Waals surface area contributed by atoms with Crippen molar-refractivity contribution < 1.29 is 4.74 Å². The first kappa shape index (κ1) is 9.79. The number of aliphatic imine (C=N–C) groups is 1. The number of nitrogens with two attached hydrogens (primary N) is 2. The molecule has 0 saturated heterocycles. The second-order valence-electron chi connectivity index (χ2n) is 3.42. The highest BCUT2D eigenvalue weighted by molar-refractivity contribution is 5.77. The molecule has 1 atom stereocenters. The van der Waals surface area contributed by atoms with Crippen molar-refractivity contribution in [3.63, 3.8) is 0 Å². The van der Waals surface area contributed by atoms with Crippen LogP contribution in [0.1, 0.15) is 5.56 Å². The second-order valence-corrected chi connectivity index (χ2v) is 3.42. The highest BCUT2D eigenvalue weighted by Gasteiger charge is 2.21. The first-order valence-electron chi connectivity index (χ1n) is 4.80. The Bertz CT molecular complexity index is 352. The molecule has 0 fully saturated rings. The molecule has 5 heteroatoms. The molecule has 1 heterocycles. The number of hydrogen-bond acceptors (Lipinski definition) is 3. The van der Waals surface area contributed by atoms with E-state index in [4.69, 9.17) is 16.3 Å². The summed E-state index contributed by atoms with van der Waals surface area (Å²) < 4.78 is 5.67. The third kappa shape index (κ3) is 2.19. The number of guanidine groups is 1. The van der Waals surface area contributed by atoms with Gasteiger partial charge in [0.25, 0.3) is 0 Å². The number of ether oxygens (including phenoxy) is 1. The molecule has 0 aliphatic carbocycles. The third-order valence-electron chi connectivity index (χ3n) is 2.33. The van der Waals surface area contributed by atoms with Gasteiger partial charge in [0.2, 0.25) is 5.96 Å². The smallest absolute Gasteiger partial charge is 0.203 e. The Morgan fingerprint density at radius 1 is 1.53 bits per heavy atom. The van der Waals surface area contributed by atoms with Gasteiger partial charge >= 0.3 is 0 Å². The van der Waals surface area contributed by atoms with Gasteiger partial charge in [0.15, 0.2) is 0 Å². The van der Waals surface area contributed by atoms with Gasteiger partial charge in [-0.2, -0.15) is 0 Å². The van der Waals surface area contributed by atoms with Crippen LogP contribution < -0.4 is 21.7 Å². The van der Waals surface area contributed by atoms with Gasteiger partial charge in [-0.25, -0.2) is 10.8 Å². The monoisotopic (exact) mass is 206 g/mol. The molecular formula is C10H14N4O. The molecule has 1 aromatic rings. The summed E-state index contributed by atoms with van der Waals surface area (Å²) in [6.07, 6.45) is 0.937. The maximum atomic E-state index is 5.67. The summed E-state index contributed by atoms with van der Waals surface area (Å²) in [5.41, 5.74) is 8.92. The molecule has 1 aliphatic rings. The van der Waals surface area contributed by atoms with Crippen molar-refractivity contribution in [3.05, 3.63) is 29.8 Å². The fourth-order valence-corrected chi connectivity index (χ4v) is 1.60. The van der Waals surface area contributed by atoms with E-state index in [9.17, 15) is 0 Å². The van der Waals surface area contributed by atoms with Gasteiger partial charge in [-0.15, -0.1) is 0 Å². The molecule has 0 saturated carbocycles. The Kier molecular flexibility index (Phi) is 2.73. The number of benzene rings is 1. The van der Waals surface area contributed by atoms with Crippen LogP contribution in [-0.4, -0.2) is 18.6 Å². The minimum atomic E-state index is 0.0642. The van der Waals surface area contributed by atoms with Crippen molar-refractivity contribution in [3.8, 4) is 5.75 Å². The molecule has 2 rings (SSSR count). The molecule has 0 bridgehead atoms. The topological polar surface area (TPSA) is 85.7 Å². The Labute approximate surface area is 88.1 Å². The van der Waals surface area contributed by atoms with Crippen molar-refractivity contribution in [2.75, 3.05) is 6.54 Å². The number of fused-ring (bicyclic) bond motifs is 1. The first-order valence-corrected chi connectivity index (χ1v) is 4.80. The highest BCUT2D eigenvalue weighted by Crippen LogP contribution is 2.27. The first-order chi connectivity index (χ1) is 7.29. The Balaban J connectivity index is 1.96. The van der Waals surface area contributed by atoms with Gasteiger partial charge in [-0.1, -0.05) is 18.2 Å². The van der Waals surface area contributed by atoms with Crippen LogP contribution in [0.3, 0.4) is 0 Å². The van der Waals surface area contributed by atoms with Crippen LogP contribution in [-0.2, 0) is 6.42 Å². The van der Waals surface area contributed by atoms with E-state index >= 15 is 0 Å². The molecule has 5 nitrogen and oxygen atoms in total. The minimum absolute atomic E-state index is 0.0642. The van der Waals surface area contributed by atoms with Gasteiger partial charge in [0.05, 0.1) is 6.54 Å². The van der Waals surface area contributed by atoms with Crippen LogP contribution in [0.2, 0.25) is 0 Å². The zero-order valence-corrected chi connectivity index (χ0v) is 8.31. The maximum Gasteiger partial charge on any atom is 0.203 e. The molecular weight excluding hydrogens is 192 g/mol. The maximum absolute atomic E-state index is 5.67. The standard InChI is InChI=1S/C10H14N4O/c11-10(14-12)13-6-8-5-7-3-1-2-4-9(7)15-8/h1-4,8H,5-6,12H2,(H3,11,13,14). The van der Waals surface area contributed by atoms with Crippen molar-refractivity contribution in [1.82, 2.24) is 5.43 Å². The average molecular weight is 206 g/mol. The largest absolute Gasteiger partial charge is 0.488 e. The number of hydrogen-bond donors (Lipinski definition) is 3. The molecule has 0 spiro atoms. The van der Waals surface area contributed by atoms with E-state index in [1.165, 1.54) is 5.56 Å². The number of rotatable bonds is 2. The minimum Gasteiger partial charge on any atom is -0.488 e. The van der Waals surface area contributed by atoms with E-state index in [-0.39, 0.29) is 12.1 Å². The summed E-state index contributed by atoms with van der Waals surface area (Å²) in [7, 11) is 0. The fourth-order valence-electron chi connectivity index (χ4n) is 1.60. The van der Waals surface area contributed by atoms with Crippen molar-refractivity contribution in [1.29, 1.82) is 0 Å². The van der Waals surface area contributed by atoms with E-state index < -0.39 is 0 Å². The second kappa shape index (κ2) is 4.18. The molecule has 1 unspecified atom stereocenters. The van der Waals surface area contributed by atoms with E-state index in [0.717, 1.165) is 12.2 Å². The number of nitrogens with zero attached hydrogens (tertiary/aromatic N) is 1. The van der Waals surface area contributed by atoms with E-state index in [1.54, 1.807) is 0 Å². The lowest BCUT2D eigenvalue weighted by molar-refractivity contribution is 0.242. The third-order valence-corrected chi connectivity index (χ3v) is 2.33. The van der Waals surface area contributed by atoms with Crippen molar-refractivity contribution >= 4 is 5.96 Å². The van der Waals surface area contributed by atoms with Crippen LogP contribution in [0.15, 0.2) is 29.3 Å². The molecule has 0 aromatic heterocycles. The van der Waals surface area contributed by atoms with Gasteiger partial charge < -0.3 is 10.5 Å². The van der Waals surface area contributed by atoms with Crippen molar-refractivity contribution in [2.45, 2.75) is 12.5 Å². The molecule has 0 radical (unpaired) electrons. The molecule has 1 aliphatic heterocycles. The van der Waals surface area contributed by atoms with E-state index in [2.05, 4.69) is 16.5 Å². The zero-order chi connectivity index (χ0) is 10.7. The number of para-hydroxylation sites is 1. The summed E-state index contributed by atoms with van der Waals surface area (Å²) in [6.45, 7) is 0.519. The normalized spacial score (nSPS) is 19.5. The average Bonchev–Trinajstić information content (AvgIpc) is 2.68. The van der Waals surface area contributed by atoms with E-state index in [0.29, 0.717) is 6.54 Å². The lowest BCUT2D eigenvalue weighted by Crippen LogP contribution is -2.38. The SMILES string of the molecule is NNC(N)=NCC1Cc2ccccc2O1. The number of nitrogens with one attached hydrogen (secondary N) is 1. The molecule has 1 aromatic carbocycles. The van der Waals surface area contributed by atoms with Crippen LogP contribution in [0.4, 0.5) is 0 Å². The summed E-state index contributed by atoms with van der Waals surface area (Å²) in [5, 5.41) is 0. The summed E-state index contributed by atoms with van der Waals surface area (Å²) in [6, 6.07) is 7.98. The predicted molar refractivity (Wildman–Crippen MR) is 58.4 cm³/mol. The lowest BCUT2D eigenvalue weighted by atomic mass is 10.1.